The van der Waals surface area contributed by atoms with Crippen LogP contribution in [0.15, 0.2) is 34.5 Å². The third-order valence-electron chi connectivity index (χ3n) is 4.20. The number of aryl methyl sites for hydroxylation is 2. The Morgan fingerprint density at radius 1 is 0.759 bits per heavy atom. The van der Waals surface area contributed by atoms with Gasteiger partial charge in [0.15, 0.2) is 0 Å². The first-order chi connectivity index (χ1) is 13.8. The van der Waals surface area contributed by atoms with Crippen LogP contribution in [0.1, 0.15) is 65.5 Å². The number of hydrazone groups is 2. The maximum atomic E-state index is 11.9. The molecule has 2 amide bonds. The molecule has 6 nitrogen and oxygen atoms in total. The molecule has 156 valence electrons. The monoisotopic (exact) mass is 432 g/mol. The SMILES string of the molecule is C/C(=N/NC(=O)CCCCCC(=O)N/N=C(/C)c1ccc(C)s1)c1ccc(C)s1. The fraction of sp³-hybridized carbons (Fsp3) is 0.429. The molecule has 0 aliphatic carbocycles. The summed E-state index contributed by atoms with van der Waals surface area (Å²) in [5.41, 5.74) is 6.81. The largest absolute Gasteiger partial charge is 0.273 e. The third-order valence-corrected chi connectivity index (χ3v) is 6.42. The van der Waals surface area contributed by atoms with Crippen molar-refractivity contribution in [3.8, 4) is 0 Å². The Labute approximate surface area is 180 Å². The summed E-state index contributed by atoms with van der Waals surface area (Å²) in [5.74, 6) is -0.206. The van der Waals surface area contributed by atoms with Crippen molar-refractivity contribution in [1.29, 1.82) is 0 Å². The molecule has 2 aromatic heterocycles. The van der Waals surface area contributed by atoms with Gasteiger partial charge in [-0.2, -0.15) is 10.2 Å². The van der Waals surface area contributed by atoms with Gasteiger partial charge in [0, 0.05) is 22.6 Å². The van der Waals surface area contributed by atoms with E-state index in [1.54, 1.807) is 22.7 Å². The third kappa shape index (κ3) is 8.29. The van der Waals surface area contributed by atoms with Gasteiger partial charge in [0.05, 0.1) is 21.2 Å². The molecule has 0 spiro atoms. The van der Waals surface area contributed by atoms with Gasteiger partial charge in [0.2, 0.25) is 11.8 Å². The molecule has 2 aromatic rings. The summed E-state index contributed by atoms with van der Waals surface area (Å²) in [7, 11) is 0. The van der Waals surface area contributed by atoms with Crippen LogP contribution >= 0.6 is 22.7 Å². The number of nitrogens with one attached hydrogen (secondary N) is 2. The summed E-state index contributed by atoms with van der Waals surface area (Å²) in [5, 5.41) is 8.30. The van der Waals surface area contributed by atoms with Crippen LogP contribution in [0.25, 0.3) is 0 Å². The second kappa shape index (κ2) is 11.6. The molecule has 0 aliphatic rings. The minimum Gasteiger partial charge on any atom is -0.273 e. The predicted octanol–water partition coefficient (Wildman–Crippen LogP) is 4.76. The average molecular weight is 433 g/mol. The van der Waals surface area contributed by atoms with E-state index >= 15 is 0 Å². The van der Waals surface area contributed by atoms with E-state index in [1.807, 2.05) is 52.0 Å². The zero-order chi connectivity index (χ0) is 21.2. The van der Waals surface area contributed by atoms with Crippen LogP contribution in [0.3, 0.4) is 0 Å². The summed E-state index contributed by atoms with van der Waals surface area (Å²) in [6, 6.07) is 8.07. The maximum Gasteiger partial charge on any atom is 0.240 e. The van der Waals surface area contributed by atoms with E-state index in [1.165, 1.54) is 9.75 Å². The number of hydrogen-bond acceptors (Lipinski definition) is 6. The minimum atomic E-state index is -0.103. The topological polar surface area (TPSA) is 82.9 Å². The van der Waals surface area contributed by atoms with E-state index < -0.39 is 0 Å². The molecule has 0 aromatic carbocycles. The Hall–Kier alpha value is -2.32. The number of amides is 2. The number of unbranched alkanes of at least 4 members (excludes halogenated alkanes) is 2. The molecule has 0 saturated carbocycles. The fourth-order valence-electron chi connectivity index (χ4n) is 2.52. The molecule has 0 bridgehead atoms. The Balaban J connectivity index is 1.59. The molecular weight excluding hydrogens is 404 g/mol. The quantitative estimate of drug-likeness (QED) is 0.322. The van der Waals surface area contributed by atoms with Crippen LogP contribution in [0.2, 0.25) is 0 Å². The molecule has 8 heteroatoms. The van der Waals surface area contributed by atoms with E-state index in [0.717, 1.165) is 40.4 Å². The summed E-state index contributed by atoms with van der Waals surface area (Å²) in [6.07, 6.45) is 3.05. The summed E-state index contributed by atoms with van der Waals surface area (Å²) < 4.78 is 0. The lowest BCUT2D eigenvalue weighted by Gasteiger charge is -2.03. The predicted molar refractivity (Wildman–Crippen MR) is 122 cm³/mol. The molecule has 0 atom stereocenters. The van der Waals surface area contributed by atoms with Crippen molar-refractivity contribution in [2.24, 2.45) is 10.2 Å². The van der Waals surface area contributed by atoms with Crippen LogP contribution in [0.5, 0.6) is 0 Å². The molecule has 2 rings (SSSR count). The molecule has 2 heterocycles. The van der Waals surface area contributed by atoms with Crippen molar-refractivity contribution in [3.05, 3.63) is 43.8 Å². The molecule has 0 saturated heterocycles. The van der Waals surface area contributed by atoms with Gasteiger partial charge in [-0.15, -0.1) is 22.7 Å². The molecule has 0 radical (unpaired) electrons. The highest BCUT2D eigenvalue weighted by Crippen LogP contribution is 2.16. The summed E-state index contributed by atoms with van der Waals surface area (Å²) in [6.45, 7) is 7.85. The van der Waals surface area contributed by atoms with Crippen LogP contribution < -0.4 is 10.9 Å². The number of rotatable bonds is 10. The first kappa shape index (κ1) is 23.0. The van der Waals surface area contributed by atoms with Gasteiger partial charge in [-0.25, -0.2) is 10.9 Å². The highest BCUT2D eigenvalue weighted by Gasteiger charge is 2.05. The fourth-order valence-corrected chi connectivity index (χ4v) is 4.15. The molecule has 2 N–H and O–H groups in total. The Kier molecular flexibility index (Phi) is 9.21. The van der Waals surface area contributed by atoms with Crippen molar-refractivity contribution >= 4 is 45.9 Å². The highest BCUT2D eigenvalue weighted by atomic mass is 32.1. The number of thiophene rings is 2. The second-order valence-corrected chi connectivity index (χ2v) is 9.42. The first-order valence-corrected chi connectivity index (χ1v) is 11.3. The van der Waals surface area contributed by atoms with Gasteiger partial charge < -0.3 is 0 Å². The van der Waals surface area contributed by atoms with Crippen molar-refractivity contribution in [1.82, 2.24) is 10.9 Å². The standard InChI is InChI=1S/C21H28N4O2S2/c1-14-10-12-18(28-14)16(3)22-24-20(26)8-6-5-7-9-21(27)25-23-17(4)19-13-11-15(2)29-19/h10-13H,5-9H2,1-4H3,(H,24,26)(H,25,27)/b22-16-,23-17-. The summed E-state index contributed by atoms with van der Waals surface area (Å²) >= 11 is 3.30. The normalized spacial score (nSPS) is 12.1. The van der Waals surface area contributed by atoms with E-state index in [4.69, 9.17) is 0 Å². The van der Waals surface area contributed by atoms with E-state index in [0.29, 0.717) is 12.8 Å². The van der Waals surface area contributed by atoms with Crippen LogP contribution in [-0.2, 0) is 9.59 Å². The smallest absolute Gasteiger partial charge is 0.240 e. The van der Waals surface area contributed by atoms with Gasteiger partial charge in [0.1, 0.15) is 0 Å². The van der Waals surface area contributed by atoms with Crippen LogP contribution in [-0.4, -0.2) is 23.2 Å². The van der Waals surface area contributed by atoms with Crippen molar-refractivity contribution in [3.63, 3.8) is 0 Å². The lowest BCUT2D eigenvalue weighted by molar-refractivity contribution is -0.121. The van der Waals surface area contributed by atoms with E-state index in [9.17, 15) is 9.59 Å². The second-order valence-electron chi connectivity index (χ2n) is 6.85. The van der Waals surface area contributed by atoms with Crippen molar-refractivity contribution in [2.45, 2.75) is 59.8 Å². The van der Waals surface area contributed by atoms with Crippen molar-refractivity contribution < 1.29 is 9.59 Å². The Morgan fingerprint density at radius 2 is 1.17 bits per heavy atom. The van der Waals surface area contributed by atoms with Crippen molar-refractivity contribution in [2.75, 3.05) is 0 Å². The minimum absolute atomic E-state index is 0.103. The Morgan fingerprint density at radius 3 is 1.52 bits per heavy atom. The average Bonchev–Trinajstić information content (AvgIpc) is 3.32. The number of nitrogens with zero attached hydrogens (tertiary/aromatic N) is 2. The number of carbonyl (C=O) groups excluding carboxylic acids is 2. The summed E-state index contributed by atoms with van der Waals surface area (Å²) in [4.78, 5) is 28.3. The number of hydrogen-bond donors (Lipinski definition) is 2. The van der Waals surface area contributed by atoms with E-state index in [-0.39, 0.29) is 11.8 Å². The van der Waals surface area contributed by atoms with Gasteiger partial charge in [-0.05, 0) is 64.8 Å². The molecule has 29 heavy (non-hydrogen) atoms. The maximum absolute atomic E-state index is 11.9. The molecule has 0 fully saturated rings. The molecular formula is C21H28N4O2S2. The lowest BCUT2D eigenvalue weighted by atomic mass is 10.1. The first-order valence-electron chi connectivity index (χ1n) is 9.65. The van der Waals surface area contributed by atoms with Crippen LogP contribution in [0, 0.1) is 13.8 Å². The Bertz CT molecular complexity index is 824. The van der Waals surface area contributed by atoms with Gasteiger partial charge >= 0.3 is 0 Å². The zero-order valence-electron chi connectivity index (χ0n) is 17.4. The molecule has 0 unspecified atom stereocenters. The number of carbonyl (C=O) groups is 2. The van der Waals surface area contributed by atoms with E-state index in [2.05, 4.69) is 21.1 Å². The van der Waals surface area contributed by atoms with Gasteiger partial charge in [-0.3, -0.25) is 9.59 Å². The van der Waals surface area contributed by atoms with Gasteiger partial charge in [-0.1, -0.05) is 6.42 Å². The van der Waals surface area contributed by atoms with Gasteiger partial charge in [0.25, 0.3) is 0 Å². The van der Waals surface area contributed by atoms with Crippen LogP contribution in [0.4, 0.5) is 0 Å². The zero-order valence-corrected chi connectivity index (χ0v) is 19.0. The lowest BCUT2D eigenvalue weighted by Crippen LogP contribution is -2.19. The highest BCUT2D eigenvalue weighted by molar-refractivity contribution is 7.14. The molecule has 0 aliphatic heterocycles.